The van der Waals surface area contributed by atoms with Crippen molar-refractivity contribution in [2.45, 2.75) is 44.4 Å². The van der Waals surface area contributed by atoms with Gasteiger partial charge in [0.1, 0.15) is 6.10 Å². The van der Waals surface area contributed by atoms with E-state index < -0.39 is 6.10 Å². The molecule has 0 spiro atoms. The zero-order valence-corrected chi connectivity index (χ0v) is 19.5. The number of aliphatic hydroxyl groups excluding tert-OH is 1. The lowest BCUT2D eigenvalue weighted by Crippen LogP contribution is -2.55. The number of methoxy groups -OCH3 is 1. The van der Waals surface area contributed by atoms with Crippen LogP contribution in [0.15, 0.2) is 24.3 Å². The second-order valence-corrected chi connectivity index (χ2v) is 9.58. The number of benzene rings is 1. The standard InChI is InChI=1S/C23H36N2O4.CH2O2/c1-23(2,25-8-10-28-11-9-25)16-24-14-17-12-19(26)22(13-18(17)15-24)29-21-7-5-4-6-20(21)27-3;2-1-3/h4-7,17-19,22,26H,8-16H2,1-3H3;1H,(H,2,3)/t17-,18+,19+,22+;/m0./s1. The smallest absolute Gasteiger partial charge is 0.290 e. The maximum absolute atomic E-state index is 10.8. The van der Waals surface area contributed by atoms with Crippen LogP contribution in [0.1, 0.15) is 26.7 Å². The molecule has 1 aliphatic carbocycles. The first kappa shape index (κ1) is 24.8. The molecule has 0 bridgehead atoms. The van der Waals surface area contributed by atoms with Gasteiger partial charge in [-0.2, -0.15) is 0 Å². The van der Waals surface area contributed by atoms with E-state index in [-0.39, 0.29) is 18.1 Å². The molecule has 3 fully saturated rings. The second kappa shape index (κ2) is 11.3. The number of likely N-dealkylation sites (tertiary alicyclic amines) is 1. The molecule has 1 aromatic carbocycles. The lowest BCUT2D eigenvalue weighted by molar-refractivity contribution is -0.122. The Hall–Kier alpha value is -1.87. The maximum atomic E-state index is 10.8. The average Bonchev–Trinajstić information content (AvgIpc) is 3.15. The lowest BCUT2D eigenvalue weighted by Gasteiger charge is -2.43. The van der Waals surface area contributed by atoms with E-state index in [1.807, 2.05) is 24.3 Å². The van der Waals surface area contributed by atoms with Gasteiger partial charge in [-0.3, -0.25) is 9.69 Å². The maximum Gasteiger partial charge on any atom is 0.290 e. The summed E-state index contributed by atoms with van der Waals surface area (Å²) < 4.78 is 17.1. The highest BCUT2D eigenvalue weighted by Crippen LogP contribution is 2.40. The summed E-state index contributed by atoms with van der Waals surface area (Å²) >= 11 is 0. The summed E-state index contributed by atoms with van der Waals surface area (Å²) in [5.74, 6) is 2.59. The SMILES string of the molecule is COc1ccccc1O[C@@H]1C[C@@H]2CN(CC(C)(C)N3CCOCC3)C[C@@H]2C[C@H]1O.O=CO. The van der Waals surface area contributed by atoms with Crippen LogP contribution in [0.2, 0.25) is 0 Å². The molecule has 8 nitrogen and oxygen atoms in total. The minimum absolute atomic E-state index is 0.142. The highest BCUT2D eigenvalue weighted by Gasteiger charge is 2.44. The van der Waals surface area contributed by atoms with Crippen LogP contribution >= 0.6 is 0 Å². The molecule has 1 aromatic rings. The number of aliphatic hydroxyl groups is 1. The van der Waals surface area contributed by atoms with E-state index in [1.54, 1.807) is 7.11 Å². The molecule has 0 unspecified atom stereocenters. The van der Waals surface area contributed by atoms with Gasteiger partial charge in [-0.25, -0.2) is 0 Å². The molecular weight excluding hydrogens is 412 g/mol. The van der Waals surface area contributed by atoms with E-state index >= 15 is 0 Å². The first-order valence-corrected chi connectivity index (χ1v) is 11.5. The van der Waals surface area contributed by atoms with Crippen LogP contribution in [0.5, 0.6) is 11.5 Å². The van der Waals surface area contributed by atoms with E-state index in [9.17, 15) is 5.11 Å². The molecule has 8 heteroatoms. The van der Waals surface area contributed by atoms with E-state index in [0.29, 0.717) is 11.8 Å². The Morgan fingerprint density at radius 2 is 1.72 bits per heavy atom. The minimum atomic E-state index is -0.423. The molecule has 2 heterocycles. The number of hydrogen-bond acceptors (Lipinski definition) is 7. The third kappa shape index (κ3) is 6.13. The van der Waals surface area contributed by atoms with Crippen molar-refractivity contribution in [3.8, 4) is 11.5 Å². The average molecular weight is 451 g/mol. The number of ether oxygens (including phenoxy) is 3. The molecular formula is C24H38N2O6. The molecule has 3 aliphatic rings. The van der Waals surface area contributed by atoms with Crippen LogP contribution < -0.4 is 9.47 Å². The number of carbonyl (C=O) groups is 1. The van der Waals surface area contributed by atoms with Crippen LogP contribution in [0, 0.1) is 11.8 Å². The fourth-order valence-electron chi connectivity index (χ4n) is 5.44. The topological polar surface area (TPSA) is 91.7 Å². The Balaban J connectivity index is 0.000000913. The molecule has 0 radical (unpaired) electrons. The second-order valence-electron chi connectivity index (χ2n) is 9.58. The number of hydrogen-bond donors (Lipinski definition) is 2. The van der Waals surface area contributed by atoms with Crippen molar-refractivity contribution in [1.82, 2.24) is 9.80 Å². The van der Waals surface area contributed by atoms with E-state index in [4.69, 9.17) is 24.1 Å². The number of morpholine rings is 1. The number of rotatable bonds is 6. The summed E-state index contributed by atoms with van der Waals surface area (Å²) in [5, 5.41) is 17.6. The zero-order valence-electron chi connectivity index (χ0n) is 19.5. The van der Waals surface area contributed by atoms with E-state index in [0.717, 1.165) is 70.3 Å². The minimum Gasteiger partial charge on any atom is -0.493 e. The van der Waals surface area contributed by atoms with E-state index in [2.05, 4.69) is 23.6 Å². The molecule has 2 saturated heterocycles. The van der Waals surface area contributed by atoms with Crippen LogP contribution in [0.4, 0.5) is 0 Å². The highest BCUT2D eigenvalue weighted by molar-refractivity contribution is 5.39. The molecule has 4 atom stereocenters. The first-order chi connectivity index (χ1) is 15.4. The number of para-hydroxylation sites is 2. The summed E-state index contributed by atoms with van der Waals surface area (Å²) in [7, 11) is 1.65. The Morgan fingerprint density at radius 3 is 2.34 bits per heavy atom. The predicted molar refractivity (Wildman–Crippen MR) is 121 cm³/mol. The number of carboxylic acid groups (broad SMARTS) is 1. The van der Waals surface area contributed by atoms with E-state index in [1.165, 1.54) is 0 Å². The van der Waals surface area contributed by atoms with Gasteiger partial charge in [0.15, 0.2) is 11.5 Å². The van der Waals surface area contributed by atoms with Gasteiger partial charge in [0.05, 0.1) is 26.4 Å². The van der Waals surface area contributed by atoms with Gasteiger partial charge in [-0.15, -0.1) is 0 Å². The lowest BCUT2D eigenvalue weighted by atomic mass is 9.78. The Kier molecular flexibility index (Phi) is 8.76. The number of fused-ring (bicyclic) bond motifs is 1. The summed E-state index contributed by atoms with van der Waals surface area (Å²) in [6, 6.07) is 7.70. The predicted octanol–water partition coefficient (Wildman–Crippen LogP) is 1.96. The summed E-state index contributed by atoms with van der Waals surface area (Å²) in [5.41, 5.74) is 0.142. The van der Waals surface area contributed by atoms with Gasteiger partial charge in [0.25, 0.3) is 6.47 Å². The van der Waals surface area contributed by atoms with Crippen molar-refractivity contribution in [1.29, 1.82) is 0 Å². The molecule has 2 aliphatic heterocycles. The third-order valence-electron chi connectivity index (χ3n) is 6.99. The molecule has 180 valence electrons. The molecule has 32 heavy (non-hydrogen) atoms. The van der Waals surface area contributed by atoms with Crippen molar-refractivity contribution in [3.63, 3.8) is 0 Å². The van der Waals surface area contributed by atoms with Crippen molar-refractivity contribution >= 4 is 6.47 Å². The summed E-state index contributed by atoms with van der Waals surface area (Å²) in [6.07, 6.45) is 1.13. The highest BCUT2D eigenvalue weighted by atomic mass is 16.5. The molecule has 0 amide bonds. The van der Waals surface area contributed by atoms with Crippen LogP contribution in [0.3, 0.4) is 0 Å². The van der Waals surface area contributed by atoms with Crippen molar-refractivity contribution in [3.05, 3.63) is 24.3 Å². The van der Waals surface area contributed by atoms with Crippen molar-refractivity contribution in [2.75, 3.05) is 53.0 Å². The van der Waals surface area contributed by atoms with Gasteiger partial charge in [-0.05, 0) is 50.7 Å². The van der Waals surface area contributed by atoms with Gasteiger partial charge in [0.2, 0.25) is 0 Å². The van der Waals surface area contributed by atoms with Crippen LogP contribution in [0.25, 0.3) is 0 Å². The van der Waals surface area contributed by atoms with Gasteiger partial charge in [0, 0.05) is 38.3 Å². The molecule has 1 saturated carbocycles. The zero-order chi connectivity index (χ0) is 23.1. The molecule has 2 N–H and O–H groups in total. The Bertz CT molecular complexity index is 724. The van der Waals surface area contributed by atoms with Crippen LogP contribution in [-0.2, 0) is 9.53 Å². The van der Waals surface area contributed by atoms with Crippen LogP contribution in [-0.4, -0.2) is 97.3 Å². The number of nitrogens with zero attached hydrogens (tertiary/aromatic N) is 2. The van der Waals surface area contributed by atoms with Gasteiger partial charge < -0.3 is 29.3 Å². The summed E-state index contributed by atoms with van der Waals surface area (Å²) in [6.45, 7) is 11.4. The fourth-order valence-corrected chi connectivity index (χ4v) is 5.44. The largest absolute Gasteiger partial charge is 0.493 e. The first-order valence-electron chi connectivity index (χ1n) is 11.5. The normalized spacial score (nSPS) is 28.9. The third-order valence-corrected chi connectivity index (χ3v) is 6.99. The van der Waals surface area contributed by atoms with Gasteiger partial charge in [-0.1, -0.05) is 12.1 Å². The van der Waals surface area contributed by atoms with Crippen molar-refractivity contribution in [2.24, 2.45) is 11.8 Å². The summed E-state index contributed by atoms with van der Waals surface area (Å²) in [4.78, 5) is 13.5. The van der Waals surface area contributed by atoms with Gasteiger partial charge >= 0.3 is 0 Å². The fraction of sp³-hybridized carbons (Fsp3) is 0.708. The Morgan fingerprint density at radius 1 is 1.12 bits per heavy atom. The molecule has 0 aromatic heterocycles. The quantitative estimate of drug-likeness (QED) is 0.636. The molecule has 4 rings (SSSR count). The van der Waals surface area contributed by atoms with Crippen molar-refractivity contribution < 1.29 is 29.2 Å². The Labute approximate surface area is 191 Å². The monoisotopic (exact) mass is 450 g/mol.